The molecule has 2 aromatic rings. The zero-order valence-corrected chi connectivity index (χ0v) is 14.5. The number of aliphatic carboxylic acids is 1. The monoisotopic (exact) mass is 379 g/mol. The van der Waals surface area contributed by atoms with E-state index < -0.39 is 5.97 Å². The summed E-state index contributed by atoms with van der Waals surface area (Å²) in [5.74, 6) is -1.36. The van der Waals surface area contributed by atoms with E-state index in [0.29, 0.717) is 12.0 Å². The van der Waals surface area contributed by atoms with E-state index in [2.05, 4.69) is 21.0 Å². The van der Waals surface area contributed by atoms with Gasteiger partial charge in [0.1, 0.15) is 6.54 Å². The van der Waals surface area contributed by atoms with E-state index in [1.165, 1.54) is 11.1 Å². The molecular weight excluding hydrogens is 362 g/mol. The van der Waals surface area contributed by atoms with Crippen LogP contribution in [0, 0.1) is 0 Å². The maximum atomic E-state index is 12.6. The summed E-state index contributed by atoms with van der Waals surface area (Å²) >= 11 is 3.37. The van der Waals surface area contributed by atoms with Crippen LogP contribution >= 0.6 is 15.9 Å². The molecule has 1 N–H and O–H groups in total. The van der Waals surface area contributed by atoms with Crippen LogP contribution < -0.4 is 0 Å². The number of nitrogens with zero attached hydrogens (tertiary/aromatic N) is 3. The van der Waals surface area contributed by atoms with Crippen molar-refractivity contribution in [1.29, 1.82) is 0 Å². The quantitative estimate of drug-likeness (QED) is 0.836. The van der Waals surface area contributed by atoms with Crippen LogP contribution in [0.3, 0.4) is 0 Å². The standard InChI is InChI=1S/C16H18BrN3O3/c1-3-11(2)19(10-15(21)22)16(23)12-8-18-20(9-12)14-6-4-13(17)5-7-14/h4-9,11H,3,10H2,1-2H3,(H,21,22). The van der Waals surface area contributed by atoms with E-state index in [1.807, 2.05) is 38.1 Å². The maximum absolute atomic E-state index is 12.6. The van der Waals surface area contributed by atoms with Gasteiger partial charge in [0.15, 0.2) is 0 Å². The lowest BCUT2D eigenvalue weighted by Gasteiger charge is -2.26. The van der Waals surface area contributed by atoms with Gasteiger partial charge in [-0.2, -0.15) is 5.10 Å². The molecule has 0 saturated heterocycles. The van der Waals surface area contributed by atoms with Gasteiger partial charge >= 0.3 is 5.97 Å². The molecule has 1 atom stereocenters. The third-order valence-electron chi connectivity index (χ3n) is 3.61. The third kappa shape index (κ3) is 4.19. The molecule has 2 rings (SSSR count). The molecule has 0 bridgehead atoms. The molecule has 0 fully saturated rings. The molecule has 1 aromatic carbocycles. The number of carboxylic acid groups (broad SMARTS) is 1. The van der Waals surface area contributed by atoms with Crippen molar-refractivity contribution >= 4 is 27.8 Å². The van der Waals surface area contributed by atoms with Gasteiger partial charge in [-0.1, -0.05) is 22.9 Å². The van der Waals surface area contributed by atoms with Crippen molar-refractivity contribution in [2.75, 3.05) is 6.54 Å². The Morgan fingerprint density at radius 2 is 2.00 bits per heavy atom. The molecule has 1 unspecified atom stereocenters. The normalized spacial score (nSPS) is 12.0. The first-order chi connectivity index (χ1) is 10.9. The predicted octanol–water partition coefficient (Wildman–Crippen LogP) is 2.96. The topological polar surface area (TPSA) is 75.4 Å². The number of carbonyl (C=O) groups is 2. The van der Waals surface area contributed by atoms with Gasteiger partial charge in [-0.25, -0.2) is 4.68 Å². The van der Waals surface area contributed by atoms with Gasteiger partial charge in [0.05, 0.1) is 17.4 Å². The fourth-order valence-electron chi connectivity index (χ4n) is 2.13. The summed E-state index contributed by atoms with van der Waals surface area (Å²) in [6, 6.07) is 7.35. The zero-order valence-electron chi connectivity index (χ0n) is 12.9. The first-order valence-corrected chi connectivity index (χ1v) is 8.05. The smallest absolute Gasteiger partial charge is 0.323 e. The number of halogens is 1. The molecule has 0 spiro atoms. The van der Waals surface area contributed by atoms with Gasteiger partial charge in [0, 0.05) is 16.7 Å². The van der Waals surface area contributed by atoms with Gasteiger partial charge in [-0.15, -0.1) is 0 Å². The summed E-state index contributed by atoms with van der Waals surface area (Å²) in [7, 11) is 0. The van der Waals surface area contributed by atoms with E-state index in [4.69, 9.17) is 5.11 Å². The number of hydrogen-bond acceptors (Lipinski definition) is 3. The Morgan fingerprint density at radius 1 is 1.35 bits per heavy atom. The molecule has 122 valence electrons. The van der Waals surface area contributed by atoms with Gasteiger partial charge in [0.25, 0.3) is 5.91 Å². The number of amides is 1. The van der Waals surface area contributed by atoms with Gasteiger partial charge < -0.3 is 10.0 Å². The number of aromatic nitrogens is 2. The Hall–Kier alpha value is -2.15. The Labute approximate surface area is 142 Å². The van der Waals surface area contributed by atoms with E-state index in [1.54, 1.807) is 10.9 Å². The number of rotatable bonds is 6. The van der Waals surface area contributed by atoms with Crippen molar-refractivity contribution in [3.05, 3.63) is 46.7 Å². The second-order valence-electron chi connectivity index (χ2n) is 5.23. The second kappa shape index (κ2) is 7.41. The zero-order chi connectivity index (χ0) is 17.0. The lowest BCUT2D eigenvalue weighted by Crippen LogP contribution is -2.41. The van der Waals surface area contributed by atoms with Gasteiger partial charge in [-0.3, -0.25) is 9.59 Å². The van der Waals surface area contributed by atoms with Crippen LogP contribution in [0.5, 0.6) is 0 Å². The average molecular weight is 380 g/mol. The minimum Gasteiger partial charge on any atom is -0.480 e. The summed E-state index contributed by atoms with van der Waals surface area (Å²) in [6.07, 6.45) is 3.75. The molecular formula is C16H18BrN3O3. The fourth-order valence-corrected chi connectivity index (χ4v) is 2.39. The highest BCUT2D eigenvalue weighted by Gasteiger charge is 2.24. The van der Waals surface area contributed by atoms with Crippen molar-refractivity contribution in [1.82, 2.24) is 14.7 Å². The van der Waals surface area contributed by atoms with Gasteiger partial charge in [0.2, 0.25) is 0 Å². The minimum atomic E-state index is -1.03. The Bertz CT molecular complexity index is 697. The van der Waals surface area contributed by atoms with Crippen molar-refractivity contribution < 1.29 is 14.7 Å². The molecule has 1 amide bonds. The lowest BCUT2D eigenvalue weighted by molar-refractivity contribution is -0.138. The van der Waals surface area contributed by atoms with Crippen molar-refractivity contribution in [3.63, 3.8) is 0 Å². The second-order valence-corrected chi connectivity index (χ2v) is 6.15. The molecule has 0 aliphatic rings. The van der Waals surface area contributed by atoms with Crippen LogP contribution in [0.25, 0.3) is 5.69 Å². The molecule has 0 saturated carbocycles. The maximum Gasteiger partial charge on any atom is 0.323 e. The third-order valence-corrected chi connectivity index (χ3v) is 4.14. The number of benzene rings is 1. The Balaban J connectivity index is 2.25. The molecule has 1 heterocycles. The van der Waals surface area contributed by atoms with Crippen LogP contribution in [0.1, 0.15) is 30.6 Å². The summed E-state index contributed by atoms with van der Waals surface area (Å²) in [5, 5.41) is 13.2. The first-order valence-electron chi connectivity index (χ1n) is 7.25. The Kier molecular flexibility index (Phi) is 5.54. The molecule has 7 heteroatoms. The van der Waals surface area contributed by atoms with Crippen LogP contribution in [0.2, 0.25) is 0 Å². The first kappa shape index (κ1) is 17.2. The van der Waals surface area contributed by atoms with Gasteiger partial charge in [-0.05, 0) is 37.6 Å². The van der Waals surface area contributed by atoms with E-state index in [0.717, 1.165) is 10.2 Å². The van der Waals surface area contributed by atoms with E-state index >= 15 is 0 Å². The van der Waals surface area contributed by atoms with Crippen LogP contribution in [-0.2, 0) is 4.79 Å². The van der Waals surface area contributed by atoms with E-state index in [-0.39, 0.29) is 18.5 Å². The summed E-state index contributed by atoms with van der Waals surface area (Å²) in [5.41, 5.74) is 1.19. The highest BCUT2D eigenvalue weighted by atomic mass is 79.9. The average Bonchev–Trinajstić information content (AvgIpc) is 3.01. The van der Waals surface area contributed by atoms with E-state index in [9.17, 15) is 9.59 Å². The fraction of sp³-hybridized carbons (Fsp3) is 0.312. The molecule has 6 nitrogen and oxygen atoms in total. The predicted molar refractivity (Wildman–Crippen MR) is 89.7 cm³/mol. The lowest BCUT2D eigenvalue weighted by atomic mass is 10.2. The minimum absolute atomic E-state index is 0.158. The summed E-state index contributed by atoms with van der Waals surface area (Å²) in [6.45, 7) is 3.43. The number of carbonyl (C=O) groups excluding carboxylic acids is 1. The van der Waals surface area contributed by atoms with Crippen LogP contribution in [0.15, 0.2) is 41.1 Å². The van der Waals surface area contributed by atoms with Crippen molar-refractivity contribution in [3.8, 4) is 5.69 Å². The molecule has 1 aromatic heterocycles. The van der Waals surface area contributed by atoms with Crippen LogP contribution in [0.4, 0.5) is 0 Å². The number of carboxylic acids is 1. The highest BCUT2D eigenvalue weighted by molar-refractivity contribution is 9.10. The summed E-state index contributed by atoms with van der Waals surface area (Å²) in [4.78, 5) is 24.9. The summed E-state index contributed by atoms with van der Waals surface area (Å²) < 4.78 is 2.55. The SMILES string of the molecule is CCC(C)N(CC(=O)O)C(=O)c1cnn(-c2ccc(Br)cc2)c1. The molecule has 23 heavy (non-hydrogen) atoms. The molecule has 0 radical (unpaired) electrons. The Morgan fingerprint density at radius 3 is 2.57 bits per heavy atom. The highest BCUT2D eigenvalue weighted by Crippen LogP contribution is 2.16. The molecule has 0 aliphatic heterocycles. The molecule has 0 aliphatic carbocycles. The van der Waals surface area contributed by atoms with Crippen molar-refractivity contribution in [2.24, 2.45) is 0 Å². The largest absolute Gasteiger partial charge is 0.480 e. The number of hydrogen-bond donors (Lipinski definition) is 1. The van der Waals surface area contributed by atoms with Crippen LogP contribution in [-0.4, -0.2) is 44.3 Å². The van der Waals surface area contributed by atoms with Crippen molar-refractivity contribution in [2.45, 2.75) is 26.3 Å².